The van der Waals surface area contributed by atoms with Crippen LogP contribution in [0, 0.1) is 5.92 Å². The van der Waals surface area contributed by atoms with Crippen molar-refractivity contribution in [3.8, 4) is 0 Å². The molecule has 6 heteroatoms. The van der Waals surface area contributed by atoms with E-state index in [1.54, 1.807) is 0 Å². The molecule has 0 radical (unpaired) electrons. The van der Waals surface area contributed by atoms with Gasteiger partial charge in [0.1, 0.15) is 0 Å². The van der Waals surface area contributed by atoms with Crippen LogP contribution in [0.25, 0.3) is 0 Å². The zero-order valence-electron chi connectivity index (χ0n) is 12.4. The normalized spacial score (nSPS) is 30.7. The molecule has 2 aliphatic rings. The van der Waals surface area contributed by atoms with Gasteiger partial charge in [-0.25, -0.2) is 8.42 Å². The molecule has 2 rings (SSSR count). The molecule has 1 aliphatic heterocycles. The van der Waals surface area contributed by atoms with Gasteiger partial charge in [0.2, 0.25) is 5.91 Å². The lowest BCUT2D eigenvalue weighted by atomic mass is 9.86. The third-order valence-electron chi connectivity index (χ3n) is 4.89. The first-order valence-electron chi connectivity index (χ1n) is 7.56. The van der Waals surface area contributed by atoms with Crippen LogP contribution in [0.2, 0.25) is 0 Å². The summed E-state index contributed by atoms with van der Waals surface area (Å²) in [6.07, 6.45) is 6.09. The van der Waals surface area contributed by atoms with Crippen molar-refractivity contribution in [3.63, 3.8) is 0 Å². The summed E-state index contributed by atoms with van der Waals surface area (Å²) >= 11 is 0. The Morgan fingerprint density at radius 3 is 2.20 bits per heavy atom. The number of amides is 1. The largest absolute Gasteiger partial charge is 0.352 e. The molecule has 1 amide bonds. The number of piperidine rings is 1. The van der Waals surface area contributed by atoms with E-state index in [2.05, 4.69) is 17.6 Å². The van der Waals surface area contributed by atoms with Gasteiger partial charge in [0.25, 0.3) is 0 Å². The Hall–Kier alpha value is -0.620. The van der Waals surface area contributed by atoms with Crippen LogP contribution in [0.1, 0.15) is 45.4 Å². The van der Waals surface area contributed by atoms with Crippen LogP contribution in [0.3, 0.4) is 0 Å². The lowest BCUT2D eigenvalue weighted by molar-refractivity contribution is -0.125. The predicted molar refractivity (Wildman–Crippen MR) is 79.2 cm³/mol. The van der Waals surface area contributed by atoms with Gasteiger partial charge < -0.3 is 10.6 Å². The van der Waals surface area contributed by atoms with E-state index < -0.39 is 14.6 Å². The molecule has 1 aliphatic carbocycles. The third kappa shape index (κ3) is 3.17. The second kappa shape index (κ2) is 6.02. The van der Waals surface area contributed by atoms with Crippen molar-refractivity contribution in [1.82, 2.24) is 10.6 Å². The number of sulfone groups is 1. The number of hydrogen-bond acceptors (Lipinski definition) is 4. The van der Waals surface area contributed by atoms with Crippen LogP contribution in [-0.2, 0) is 14.6 Å². The van der Waals surface area contributed by atoms with E-state index in [4.69, 9.17) is 0 Å². The van der Waals surface area contributed by atoms with Crippen LogP contribution in [0.4, 0.5) is 0 Å². The molecule has 0 aromatic carbocycles. The molecule has 2 fully saturated rings. The summed E-state index contributed by atoms with van der Waals surface area (Å²) in [6.45, 7) is 3.40. The van der Waals surface area contributed by atoms with E-state index in [9.17, 15) is 13.2 Å². The fourth-order valence-corrected chi connectivity index (χ4v) is 4.66. The SMILES string of the molecule is CC1CCC(NC(=O)C2(S(C)(=O)=O)CCNCC2)CC1. The highest BCUT2D eigenvalue weighted by molar-refractivity contribution is 7.92. The van der Waals surface area contributed by atoms with E-state index in [0.717, 1.165) is 25.7 Å². The molecule has 20 heavy (non-hydrogen) atoms. The zero-order valence-corrected chi connectivity index (χ0v) is 13.3. The second-order valence-electron chi connectivity index (χ2n) is 6.45. The quantitative estimate of drug-likeness (QED) is 0.810. The molecule has 0 aromatic rings. The molecule has 1 saturated heterocycles. The number of hydrogen-bond donors (Lipinski definition) is 2. The van der Waals surface area contributed by atoms with Gasteiger partial charge in [-0.05, 0) is 57.5 Å². The predicted octanol–water partition coefficient (Wildman–Crippen LogP) is 0.848. The Labute approximate surface area is 121 Å². The van der Waals surface area contributed by atoms with Gasteiger partial charge in [0.05, 0.1) is 0 Å². The topological polar surface area (TPSA) is 75.3 Å². The number of rotatable bonds is 3. The van der Waals surface area contributed by atoms with E-state index >= 15 is 0 Å². The molecule has 116 valence electrons. The number of carbonyl (C=O) groups is 1. The van der Waals surface area contributed by atoms with E-state index in [1.165, 1.54) is 6.26 Å². The van der Waals surface area contributed by atoms with Crippen LogP contribution in [0.15, 0.2) is 0 Å². The monoisotopic (exact) mass is 302 g/mol. The molecule has 2 N–H and O–H groups in total. The van der Waals surface area contributed by atoms with Gasteiger partial charge in [0, 0.05) is 12.3 Å². The molecule has 5 nitrogen and oxygen atoms in total. The lowest BCUT2D eigenvalue weighted by Crippen LogP contribution is -2.59. The Morgan fingerprint density at radius 1 is 1.15 bits per heavy atom. The van der Waals surface area contributed by atoms with E-state index in [-0.39, 0.29) is 11.9 Å². The highest BCUT2D eigenvalue weighted by atomic mass is 32.2. The molecule has 0 aromatic heterocycles. The molecule has 1 saturated carbocycles. The Kier molecular flexibility index (Phi) is 4.74. The second-order valence-corrected chi connectivity index (χ2v) is 8.77. The minimum Gasteiger partial charge on any atom is -0.352 e. The highest BCUT2D eigenvalue weighted by Crippen LogP contribution is 2.30. The van der Waals surface area contributed by atoms with Gasteiger partial charge in [-0.1, -0.05) is 6.92 Å². The van der Waals surface area contributed by atoms with Crippen molar-refractivity contribution in [2.75, 3.05) is 19.3 Å². The zero-order chi connectivity index (χ0) is 14.8. The van der Waals surface area contributed by atoms with E-state index in [1.807, 2.05) is 0 Å². The van der Waals surface area contributed by atoms with Crippen LogP contribution in [0.5, 0.6) is 0 Å². The smallest absolute Gasteiger partial charge is 0.241 e. The summed E-state index contributed by atoms with van der Waals surface area (Å²) < 4.78 is 23.1. The Balaban J connectivity index is 2.08. The maximum absolute atomic E-state index is 12.6. The summed E-state index contributed by atoms with van der Waals surface area (Å²) in [7, 11) is -3.40. The molecule has 1 heterocycles. The van der Waals surface area contributed by atoms with Crippen molar-refractivity contribution in [2.45, 2.75) is 56.2 Å². The van der Waals surface area contributed by atoms with Crippen molar-refractivity contribution >= 4 is 15.7 Å². The number of carbonyl (C=O) groups excluding carboxylic acids is 1. The minimum atomic E-state index is -3.40. The van der Waals surface area contributed by atoms with Gasteiger partial charge >= 0.3 is 0 Å². The average Bonchev–Trinajstić information content (AvgIpc) is 2.41. The summed E-state index contributed by atoms with van der Waals surface area (Å²) in [6, 6.07) is 0.146. The molecular formula is C14H26N2O3S. The summed E-state index contributed by atoms with van der Waals surface area (Å²) in [5.41, 5.74) is 0. The first-order chi connectivity index (χ1) is 9.35. The van der Waals surface area contributed by atoms with Gasteiger partial charge in [-0.15, -0.1) is 0 Å². The fourth-order valence-electron chi connectivity index (χ4n) is 3.32. The minimum absolute atomic E-state index is 0.146. The van der Waals surface area contributed by atoms with Crippen LogP contribution < -0.4 is 10.6 Å². The first kappa shape index (κ1) is 15.8. The maximum Gasteiger partial charge on any atom is 0.241 e. The fraction of sp³-hybridized carbons (Fsp3) is 0.929. The van der Waals surface area contributed by atoms with Gasteiger partial charge in [-0.2, -0.15) is 0 Å². The van der Waals surface area contributed by atoms with Crippen molar-refractivity contribution in [2.24, 2.45) is 5.92 Å². The third-order valence-corrected chi connectivity index (χ3v) is 6.90. The molecule has 0 bridgehead atoms. The average molecular weight is 302 g/mol. The van der Waals surface area contributed by atoms with E-state index in [0.29, 0.717) is 31.8 Å². The lowest BCUT2D eigenvalue weighted by Gasteiger charge is -2.36. The van der Waals surface area contributed by atoms with Crippen LogP contribution >= 0.6 is 0 Å². The van der Waals surface area contributed by atoms with Gasteiger partial charge in [-0.3, -0.25) is 4.79 Å². The van der Waals surface area contributed by atoms with Crippen molar-refractivity contribution < 1.29 is 13.2 Å². The van der Waals surface area contributed by atoms with Gasteiger partial charge in [0.15, 0.2) is 14.6 Å². The molecule has 0 atom stereocenters. The highest BCUT2D eigenvalue weighted by Gasteiger charge is 2.49. The Bertz CT molecular complexity index is 447. The molecule has 0 unspecified atom stereocenters. The maximum atomic E-state index is 12.6. The summed E-state index contributed by atoms with van der Waals surface area (Å²) in [5.74, 6) is 0.437. The van der Waals surface area contributed by atoms with Crippen molar-refractivity contribution in [1.29, 1.82) is 0 Å². The molecule has 0 spiro atoms. The summed E-state index contributed by atoms with van der Waals surface area (Å²) in [4.78, 5) is 12.6. The summed E-state index contributed by atoms with van der Waals surface area (Å²) in [5, 5.41) is 6.14. The molecular weight excluding hydrogens is 276 g/mol. The first-order valence-corrected chi connectivity index (χ1v) is 9.45. The van der Waals surface area contributed by atoms with Crippen molar-refractivity contribution in [3.05, 3.63) is 0 Å². The van der Waals surface area contributed by atoms with Crippen LogP contribution in [-0.4, -0.2) is 44.5 Å². The standard InChI is InChI=1S/C14H26N2O3S/c1-11-3-5-12(6-4-11)16-13(17)14(20(2,18)19)7-9-15-10-8-14/h11-12,15H,3-10H2,1-2H3,(H,16,17). The number of nitrogens with one attached hydrogen (secondary N) is 2. The Morgan fingerprint density at radius 2 is 1.70 bits per heavy atom.